The Morgan fingerprint density at radius 1 is 1.53 bits per heavy atom. The predicted molar refractivity (Wildman–Crippen MR) is 67.8 cm³/mol. The Balaban J connectivity index is 2.85. The molecule has 0 radical (unpaired) electrons. The lowest BCUT2D eigenvalue weighted by Crippen LogP contribution is -2.07. The van der Waals surface area contributed by atoms with Gasteiger partial charge >= 0.3 is 0 Å². The Bertz CT molecular complexity index is 410. The molecular weight excluding hydrogens is 244 g/mol. The molecule has 5 nitrogen and oxygen atoms in total. The smallest absolute Gasteiger partial charge is 0.294 e. The molecule has 1 rings (SSSR count). The maximum Gasteiger partial charge on any atom is 0.294 e. The number of anilines is 1. The van der Waals surface area contributed by atoms with Crippen LogP contribution in [0.15, 0.2) is 12.1 Å². The van der Waals surface area contributed by atoms with Crippen molar-refractivity contribution in [3.63, 3.8) is 0 Å². The molecule has 0 aromatic heterocycles. The van der Waals surface area contributed by atoms with Crippen LogP contribution >= 0.6 is 11.6 Å². The zero-order chi connectivity index (χ0) is 12.8. The lowest BCUT2D eigenvalue weighted by molar-refractivity contribution is -0.384. The number of nitrogens with one attached hydrogen (secondary N) is 1. The number of aryl methyl sites for hydroxylation is 1. The molecular formula is C11H15ClN2O3. The summed E-state index contributed by atoms with van der Waals surface area (Å²) in [7, 11) is 1.61. The van der Waals surface area contributed by atoms with Crippen LogP contribution in [0.25, 0.3) is 0 Å². The summed E-state index contributed by atoms with van der Waals surface area (Å²) in [5, 5.41) is 14.2. The van der Waals surface area contributed by atoms with E-state index in [1.807, 2.05) is 0 Å². The number of nitrogens with zero attached hydrogens (tertiary/aromatic N) is 1. The number of nitro benzene ring substituents is 1. The van der Waals surface area contributed by atoms with Crippen LogP contribution in [0.5, 0.6) is 0 Å². The molecule has 0 saturated carbocycles. The minimum atomic E-state index is -0.433. The number of rotatable bonds is 6. The van der Waals surface area contributed by atoms with Crippen LogP contribution in [-0.4, -0.2) is 25.2 Å². The summed E-state index contributed by atoms with van der Waals surface area (Å²) in [6, 6.07) is 3.21. The maximum atomic E-state index is 10.9. The van der Waals surface area contributed by atoms with Gasteiger partial charge in [-0.3, -0.25) is 10.1 Å². The van der Waals surface area contributed by atoms with E-state index in [9.17, 15) is 10.1 Å². The molecule has 0 atom stereocenters. The third-order valence-electron chi connectivity index (χ3n) is 2.24. The van der Waals surface area contributed by atoms with Crippen LogP contribution in [0.2, 0.25) is 5.02 Å². The highest BCUT2D eigenvalue weighted by Crippen LogP contribution is 2.33. The lowest BCUT2D eigenvalue weighted by Gasteiger charge is -2.09. The predicted octanol–water partition coefficient (Wildman–Crippen LogP) is 3.01. The Morgan fingerprint density at radius 3 is 2.82 bits per heavy atom. The first-order valence-corrected chi connectivity index (χ1v) is 5.61. The van der Waals surface area contributed by atoms with Gasteiger partial charge < -0.3 is 10.1 Å². The fraction of sp³-hybridized carbons (Fsp3) is 0.455. The summed E-state index contributed by atoms with van der Waals surface area (Å²) in [6.45, 7) is 2.95. The average molecular weight is 259 g/mol. The average Bonchev–Trinajstić information content (AvgIpc) is 2.25. The van der Waals surface area contributed by atoms with Crippen LogP contribution in [0.3, 0.4) is 0 Å². The summed E-state index contributed by atoms with van der Waals surface area (Å²) >= 11 is 5.99. The van der Waals surface area contributed by atoms with Crippen molar-refractivity contribution in [2.75, 3.05) is 25.6 Å². The number of methoxy groups -OCH3 is 1. The molecule has 1 aromatic rings. The normalized spacial score (nSPS) is 10.3. The van der Waals surface area contributed by atoms with Crippen LogP contribution in [0.1, 0.15) is 12.0 Å². The van der Waals surface area contributed by atoms with Gasteiger partial charge in [0.1, 0.15) is 5.69 Å². The van der Waals surface area contributed by atoms with E-state index < -0.39 is 4.92 Å². The maximum absolute atomic E-state index is 10.9. The molecule has 0 aliphatic heterocycles. The largest absolute Gasteiger partial charge is 0.385 e. The molecule has 6 heteroatoms. The SMILES string of the molecule is COCCCNc1c(Cl)cc(C)cc1[N+](=O)[O-]. The van der Waals surface area contributed by atoms with Gasteiger partial charge in [-0.1, -0.05) is 11.6 Å². The van der Waals surface area contributed by atoms with E-state index in [0.29, 0.717) is 23.9 Å². The second-order valence-electron chi connectivity index (χ2n) is 3.67. The quantitative estimate of drug-likeness (QED) is 0.484. The number of halogens is 1. The number of nitro groups is 1. The van der Waals surface area contributed by atoms with Gasteiger partial charge in [0, 0.05) is 26.3 Å². The van der Waals surface area contributed by atoms with Gasteiger partial charge in [-0.2, -0.15) is 0 Å². The van der Waals surface area contributed by atoms with Crippen LogP contribution in [0, 0.1) is 17.0 Å². The van der Waals surface area contributed by atoms with Crippen LogP contribution in [0.4, 0.5) is 11.4 Å². The molecule has 17 heavy (non-hydrogen) atoms. The highest BCUT2D eigenvalue weighted by atomic mass is 35.5. The van der Waals surface area contributed by atoms with Crippen molar-refractivity contribution in [3.8, 4) is 0 Å². The molecule has 0 bridgehead atoms. The van der Waals surface area contributed by atoms with Crippen molar-refractivity contribution in [1.82, 2.24) is 0 Å². The molecule has 0 aliphatic carbocycles. The third-order valence-corrected chi connectivity index (χ3v) is 2.54. The van der Waals surface area contributed by atoms with Gasteiger partial charge in [0.15, 0.2) is 0 Å². The van der Waals surface area contributed by atoms with Gasteiger partial charge in [-0.05, 0) is 25.0 Å². The Morgan fingerprint density at radius 2 is 2.24 bits per heavy atom. The molecule has 1 aromatic carbocycles. The Hall–Kier alpha value is -1.33. The monoisotopic (exact) mass is 258 g/mol. The number of benzene rings is 1. The minimum Gasteiger partial charge on any atom is -0.385 e. The van der Waals surface area contributed by atoms with E-state index in [-0.39, 0.29) is 5.69 Å². The van der Waals surface area contributed by atoms with Crippen molar-refractivity contribution in [1.29, 1.82) is 0 Å². The highest BCUT2D eigenvalue weighted by Gasteiger charge is 2.17. The topological polar surface area (TPSA) is 64.4 Å². The third kappa shape index (κ3) is 3.87. The molecule has 0 fully saturated rings. The van der Waals surface area contributed by atoms with E-state index in [4.69, 9.17) is 16.3 Å². The molecule has 1 N–H and O–H groups in total. The van der Waals surface area contributed by atoms with Gasteiger partial charge in [0.25, 0.3) is 5.69 Å². The van der Waals surface area contributed by atoms with E-state index in [2.05, 4.69) is 5.32 Å². The summed E-state index contributed by atoms with van der Waals surface area (Å²) in [4.78, 5) is 10.5. The molecule has 0 saturated heterocycles. The summed E-state index contributed by atoms with van der Waals surface area (Å²) in [6.07, 6.45) is 0.762. The van der Waals surface area contributed by atoms with Crippen molar-refractivity contribution < 1.29 is 9.66 Å². The van der Waals surface area contributed by atoms with E-state index in [1.54, 1.807) is 20.1 Å². The Kier molecular flexibility index (Phi) is 5.18. The first-order valence-electron chi connectivity index (χ1n) is 5.23. The standard InChI is InChI=1S/C11H15ClN2O3/c1-8-6-9(12)11(10(7-8)14(15)16)13-4-3-5-17-2/h6-7,13H,3-5H2,1-2H3. The van der Waals surface area contributed by atoms with Gasteiger partial charge in [-0.15, -0.1) is 0 Å². The van der Waals surface area contributed by atoms with Crippen molar-refractivity contribution >= 4 is 23.0 Å². The number of ether oxygens (including phenoxy) is 1. The fourth-order valence-electron chi connectivity index (χ4n) is 1.47. The molecule has 0 amide bonds. The molecule has 94 valence electrons. The first kappa shape index (κ1) is 13.7. The highest BCUT2D eigenvalue weighted by molar-refractivity contribution is 6.33. The van der Waals surface area contributed by atoms with Gasteiger partial charge in [0.2, 0.25) is 0 Å². The minimum absolute atomic E-state index is 0.00687. The first-order chi connectivity index (χ1) is 8.06. The molecule has 0 unspecified atom stereocenters. The second-order valence-corrected chi connectivity index (χ2v) is 4.08. The molecule has 0 spiro atoms. The van der Waals surface area contributed by atoms with Crippen LogP contribution < -0.4 is 5.32 Å². The zero-order valence-electron chi connectivity index (χ0n) is 9.83. The summed E-state index contributed by atoms with van der Waals surface area (Å²) in [5.41, 5.74) is 1.15. The van der Waals surface area contributed by atoms with Crippen molar-refractivity contribution in [3.05, 3.63) is 32.8 Å². The van der Waals surface area contributed by atoms with Crippen LogP contribution in [-0.2, 0) is 4.74 Å². The van der Waals surface area contributed by atoms with Gasteiger partial charge in [-0.25, -0.2) is 0 Å². The second kappa shape index (κ2) is 6.42. The van der Waals surface area contributed by atoms with Crippen molar-refractivity contribution in [2.24, 2.45) is 0 Å². The van der Waals surface area contributed by atoms with E-state index >= 15 is 0 Å². The molecule has 0 heterocycles. The zero-order valence-corrected chi connectivity index (χ0v) is 10.6. The fourth-order valence-corrected chi connectivity index (χ4v) is 1.81. The van der Waals surface area contributed by atoms with E-state index in [0.717, 1.165) is 12.0 Å². The number of hydrogen-bond donors (Lipinski definition) is 1. The lowest BCUT2D eigenvalue weighted by atomic mass is 10.2. The number of hydrogen-bond acceptors (Lipinski definition) is 4. The summed E-state index contributed by atoms with van der Waals surface area (Å²) in [5.74, 6) is 0. The summed E-state index contributed by atoms with van der Waals surface area (Å²) < 4.78 is 4.90. The van der Waals surface area contributed by atoms with Crippen molar-refractivity contribution in [2.45, 2.75) is 13.3 Å². The van der Waals surface area contributed by atoms with E-state index in [1.165, 1.54) is 6.07 Å². The Labute approximate surface area is 105 Å². The van der Waals surface area contributed by atoms with Gasteiger partial charge in [0.05, 0.1) is 9.95 Å². The molecule has 0 aliphatic rings.